The van der Waals surface area contributed by atoms with Crippen molar-refractivity contribution in [3.8, 4) is 0 Å². The van der Waals surface area contributed by atoms with Crippen molar-refractivity contribution in [3.05, 3.63) is 11.6 Å². The van der Waals surface area contributed by atoms with Crippen LogP contribution in [-0.2, 0) is 9.59 Å². The molecule has 1 rings (SSSR count). The normalized spacial score (nSPS) is 19.1. The van der Waals surface area contributed by atoms with Gasteiger partial charge >= 0.3 is 0 Å². The van der Waals surface area contributed by atoms with E-state index in [-0.39, 0.29) is 11.4 Å². The van der Waals surface area contributed by atoms with Gasteiger partial charge in [-0.2, -0.15) is 0 Å². The highest BCUT2D eigenvalue weighted by Gasteiger charge is 2.12. The second-order valence-electron chi connectivity index (χ2n) is 2.04. The lowest BCUT2D eigenvalue weighted by Gasteiger charge is -2.03. The minimum Gasteiger partial charge on any atom is -0.294 e. The van der Waals surface area contributed by atoms with Gasteiger partial charge in [-0.25, -0.2) is 0 Å². The lowest BCUT2D eigenvalue weighted by atomic mass is 9.99. The third-order valence-electron chi connectivity index (χ3n) is 1.37. The van der Waals surface area contributed by atoms with Crippen LogP contribution in [0.1, 0.15) is 19.3 Å². The molecule has 9 heavy (non-hydrogen) atoms. The van der Waals surface area contributed by atoms with E-state index in [1.807, 2.05) is 0 Å². The van der Waals surface area contributed by atoms with Gasteiger partial charge in [-0.15, -0.1) is 0 Å². The summed E-state index contributed by atoms with van der Waals surface area (Å²) in [4.78, 5) is 20.7. The average molecular weight is 123 g/mol. The lowest BCUT2D eigenvalue weighted by Crippen LogP contribution is -2.07. The van der Waals surface area contributed by atoms with Crippen LogP contribution in [-0.4, -0.2) is 12.1 Å². The molecule has 0 aromatic heterocycles. The summed E-state index contributed by atoms with van der Waals surface area (Å²) >= 11 is 0. The highest BCUT2D eigenvalue weighted by molar-refractivity contribution is 6.12. The van der Waals surface area contributed by atoms with Gasteiger partial charge in [-0.3, -0.25) is 9.59 Å². The Morgan fingerprint density at radius 2 is 2.33 bits per heavy atom. The second-order valence-corrected chi connectivity index (χ2v) is 2.04. The fourth-order valence-corrected chi connectivity index (χ4v) is 0.856. The lowest BCUT2D eigenvalue weighted by molar-refractivity contribution is -0.115. The van der Waals surface area contributed by atoms with E-state index in [1.54, 1.807) is 12.4 Å². The first-order valence-electron chi connectivity index (χ1n) is 2.96. The van der Waals surface area contributed by atoms with Crippen molar-refractivity contribution in [2.45, 2.75) is 19.3 Å². The minimum absolute atomic E-state index is 0.0590. The molecule has 2 heteroatoms. The molecule has 0 heterocycles. The van der Waals surface area contributed by atoms with Crippen LogP contribution in [0, 0.1) is 0 Å². The Kier molecular flexibility index (Phi) is 1.78. The van der Waals surface area contributed by atoms with Crippen molar-refractivity contribution in [2.24, 2.45) is 0 Å². The van der Waals surface area contributed by atoms with Gasteiger partial charge in [0.15, 0.2) is 5.78 Å². The molecule has 0 spiro atoms. The van der Waals surface area contributed by atoms with Gasteiger partial charge in [0.25, 0.3) is 0 Å². The maximum atomic E-state index is 10.7. The van der Waals surface area contributed by atoms with E-state index < -0.39 is 0 Å². The monoisotopic (exact) mass is 123 g/mol. The molecular weight excluding hydrogens is 116 g/mol. The molecule has 0 bridgehead atoms. The number of carbonyl (C=O) groups is 1. The summed E-state index contributed by atoms with van der Waals surface area (Å²) in [6, 6.07) is 0. The van der Waals surface area contributed by atoms with Crippen LogP contribution in [0.4, 0.5) is 0 Å². The molecule has 0 saturated heterocycles. The van der Waals surface area contributed by atoms with Crippen LogP contribution >= 0.6 is 0 Å². The maximum absolute atomic E-state index is 10.7. The summed E-state index contributed by atoms with van der Waals surface area (Å²) in [5, 5.41) is 0. The summed E-state index contributed by atoms with van der Waals surface area (Å²) in [6.07, 6.45) is 5.50. The van der Waals surface area contributed by atoms with Gasteiger partial charge in [0.2, 0.25) is 6.29 Å². The first-order valence-corrected chi connectivity index (χ1v) is 2.96. The highest BCUT2D eigenvalue weighted by atomic mass is 16.1. The van der Waals surface area contributed by atoms with E-state index in [0.717, 1.165) is 12.8 Å². The van der Waals surface area contributed by atoms with E-state index in [4.69, 9.17) is 0 Å². The van der Waals surface area contributed by atoms with Gasteiger partial charge in [0.05, 0.1) is 5.57 Å². The van der Waals surface area contributed by atoms with Crippen molar-refractivity contribution in [2.75, 3.05) is 0 Å². The van der Waals surface area contributed by atoms with Gasteiger partial charge in [-0.05, 0) is 12.8 Å². The van der Waals surface area contributed by atoms with Crippen molar-refractivity contribution in [1.82, 2.24) is 0 Å². The molecule has 0 fully saturated rings. The Morgan fingerprint density at radius 1 is 1.56 bits per heavy atom. The zero-order chi connectivity index (χ0) is 6.69. The van der Waals surface area contributed by atoms with Crippen molar-refractivity contribution >= 4 is 12.1 Å². The first-order chi connectivity index (χ1) is 4.34. The summed E-state index contributed by atoms with van der Waals surface area (Å²) in [5.41, 5.74) is 0.237. The molecule has 0 aromatic rings. The molecule has 0 saturated carbocycles. The molecule has 0 aliphatic heterocycles. The third-order valence-corrected chi connectivity index (χ3v) is 1.37. The van der Waals surface area contributed by atoms with E-state index in [1.165, 1.54) is 0 Å². The molecule has 1 radical (unpaired) electrons. The van der Waals surface area contributed by atoms with Crippen LogP contribution in [0.15, 0.2) is 11.6 Å². The molecule has 0 amide bonds. The van der Waals surface area contributed by atoms with Crippen molar-refractivity contribution < 1.29 is 9.59 Å². The molecule has 0 unspecified atom stereocenters. The smallest absolute Gasteiger partial charge is 0.236 e. The minimum atomic E-state index is -0.0590. The first kappa shape index (κ1) is 6.20. The Bertz CT molecular complexity index is 168. The second kappa shape index (κ2) is 2.58. The number of Topliss-reactive ketones (excluding diaryl/α,β-unsaturated/α-hetero) is 1. The number of ketones is 1. The van der Waals surface area contributed by atoms with E-state index in [0.29, 0.717) is 6.42 Å². The zero-order valence-corrected chi connectivity index (χ0v) is 5.02. The Hall–Kier alpha value is -0.920. The quantitative estimate of drug-likeness (QED) is 0.483. The van der Waals surface area contributed by atoms with Crippen LogP contribution in [0.3, 0.4) is 0 Å². The fraction of sp³-hybridized carbons (Fsp3) is 0.429. The largest absolute Gasteiger partial charge is 0.294 e. The maximum Gasteiger partial charge on any atom is 0.236 e. The molecular formula is C7H7O2. The average Bonchev–Trinajstić information content (AvgIpc) is 1.89. The summed E-state index contributed by atoms with van der Waals surface area (Å²) in [6.45, 7) is 0. The van der Waals surface area contributed by atoms with Crippen molar-refractivity contribution in [1.29, 1.82) is 0 Å². The summed E-state index contributed by atoms with van der Waals surface area (Å²) in [5.74, 6) is -0.0590. The Labute approximate surface area is 53.6 Å². The molecule has 47 valence electrons. The number of allylic oxidation sites excluding steroid dienone is 2. The van der Waals surface area contributed by atoms with E-state index >= 15 is 0 Å². The fourth-order valence-electron chi connectivity index (χ4n) is 0.856. The Morgan fingerprint density at radius 3 is 2.78 bits per heavy atom. The van der Waals surface area contributed by atoms with Crippen LogP contribution < -0.4 is 0 Å². The van der Waals surface area contributed by atoms with Crippen LogP contribution in [0.5, 0.6) is 0 Å². The number of hydrogen-bond donors (Lipinski definition) is 0. The topological polar surface area (TPSA) is 34.1 Å². The van der Waals surface area contributed by atoms with Gasteiger partial charge in [0.1, 0.15) is 0 Å². The Balaban J connectivity index is 2.75. The third kappa shape index (κ3) is 1.25. The predicted octanol–water partition coefficient (Wildman–Crippen LogP) is 0.775. The standard InChI is InChI=1S/C7H7O2/c8-5-6-3-1-2-4-7(6)9/h3H,1-2,4H2. The highest BCUT2D eigenvalue weighted by Crippen LogP contribution is 2.11. The summed E-state index contributed by atoms with van der Waals surface area (Å²) in [7, 11) is 0. The molecule has 0 aromatic carbocycles. The van der Waals surface area contributed by atoms with Gasteiger partial charge in [0, 0.05) is 6.42 Å². The SMILES string of the molecule is O=[C]C1=CCCCC1=O. The molecule has 0 N–H and O–H groups in total. The van der Waals surface area contributed by atoms with Crippen LogP contribution in [0.2, 0.25) is 0 Å². The van der Waals surface area contributed by atoms with Crippen molar-refractivity contribution in [3.63, 3.8) is 0 Å². The van der Waals surface area contributed by atoms with Gasteiger partial charge < -0.3 is 0 Å². The summed E-state index contributed by atoms with van der Waals surface area (Å²) < 4.78 is 0. The van der Waals surface area contributed by atoms with Crippen LogP contribution in [0.25, 0.3) is 0 Å². The molecule has 0 atom stereocenters. The zero-order valence-electron chi connectivity index (χ0n) is 5.02. The molecule has 2 nitrogen and oxygen atoms in total. The number of carbonyl (C=O) groups excluding carboxylic acids is 2. The predicted molar refractivity (Wildman–Crippen MR) is 32.6 cm³/mol. The molecule has 1 aliphatic rings. The number of hydrogen-bond acceptors (Lipinski definition) is 2. The molecule has 1 aliphatic carbocycles. The van der Waals surface area contributed by atoms with Gasteiger partial charge in [-0.1, -0.05) is 6.08 Å². The number of rotatable bonds is 1. The van der Waals surface area contributed by atoms with E-state index in [9.17, 15) is 9.59 Å². The van der Waals surface area contributed by atoms with E-state index in [2.05, 4.69) is 0 Å².